The van der Waals surface area contributed by atoms with E-state index in [0.717, 1.165) is 73.6 Å². The molecule has 1 aliphatic carbocycles. The van der Waals surface area contributed by atoms with Crippen LogP contribution in [-0.2, 0) is 11.2 Å². The summed E-state index contributed by atoms with van der Waals surface area (Å²) >= 11 is 0. The Balaban J connectivity index is 1.09. The fourth-order valence-electron chi connectivity index (χ4n) is 5.68. The quantitative estimate of drug-likeness (QED) is 0.391. The third kappa shape index (κ3) is 6.57. The van der Waals surface area contributed by atoms with Gasteiger partial charge in [-0.2, -0.15) is 0 Å². The van der Waals surface area contributed by atoms with Gasteiger partial charge in [0.15, 0.2) is 11.6 Å². The molecule has 1 aromatic carbocycles. The second-order valence-electron chi connectivity index (χ2n) is 10.8. The summed E-state index contributed by atoms with van der Waals surface area (Å²) < 4.78 is 20.9. The van der Waals surface area contributed by atoms with E-state index in [1.54, 1.807) is 12.1 Å². The lowest BCUT2D eigenvalue weighted by atomic mass is 9.85. The highest BCUT2D eigenvalue weighted by Crippen LogP contribution is 2.33. The highest BCUT2D eigenvalue weighted by molar-refractivity contribution is 5.88. The van der Waals surface area contributed by atoms with Gasteiger partial charge in [0.25, 0.3) is 0 Å². The van der Waals surface area contributed by atoms with Gasteiger partial charge in [-0.15, -0.1) is 0 Å². The minimum absolute atomic E-state index is 0.0393. The highest BCUT2D eigenvalue weighted by Gasteiger charge is 2.29. The first-order valence-corrected chi connectivity index (χ1v) is 14.2. The van der Waals surface area contributed by atoms with E-state index in [-0.39, 0.29) is 17.6 Å². The van der Waals surface area contributed by atoms with Gasteiger partial charge < -0.3 is 19.7 Å². The van der Waals surface area contributed by atoms with Gasteiger partial charge in [-0.1, -0.05) is 24.2 Å². The molecule has 0 spiro atoms. The summed E-state index contributed by atoms with van der Waals surface area (Å²) in [4.78, 5) is 26.0. The highest BCUT2D eigenvalue weighted by atomic mass is 19.1. The molecule has 2 fully saturated rings. The number of likely N-dealkylation sites (tertiary alicyclic amines) is 1. The molecule has 9 heteroatoms. The predicted molar refractivity (Wildman–Crippen MR) is 149 cm³/mol. The minimum Gasteiger partial charge on any atom is -0.490 e. The summed E-state index contributed by atoms with van der Waals surface area (Å²) in [7, 11) is 0. The Hall–Kier alpha value is -3.49. The van der Waals surface area contributed by atoms with Crippen LogP contribution >= 0.6 is 0 Å². The Morgan fingerprint density at radius 1 is 1.10 bits per heavy atom. The molecular weight excluding hydrogens is 497 g/mol. The van der Waals surface area contributed by atoms with Crippen molar-refractivity contribution in [3.63, 3.8) is 0 Å². The van der Waals surface area contributed by atoms with Crippen LogP contribution in [0.3, 0.4) is 0 Å². The zero-order valence-electron chi connectivity index (χ0n) is 22.7. The average Bonchev–Trinajstić information content (AvgIpc) is 3.00. The van der Waals surface area contributed by atoms with Crippen LogP contribution in [0.25, 0.3) is 5.57 Å². The van der Waals surface area contributed by atoms with E-state index in [2.05, 4.69) is 33.0 Å². The Labute approximate surface area is 229 Å². The SMILES string of the molecule is CCc1cnc(N2CCC(COc3ccc(C4=CCC(C(=O)N5CCC(=NO)CC5)CC4)cc3F)CC2)nc1. The molecule has 1 N–H and O–H groups in total. The van der Waals surface area contributed by atoms with Crippen LogP contribution < -0.4 is 9.64 Å². The molecule has 5 rings (SSSR count). The molecule has 0 saturated carbocycles. The molecule has 8 nitrogen and oxygen atoms in total. The predicted octanol–water partition coefficient (Wildman–Crippen LogP) is 5.11. The molecule has 0 bridgehead atoms. The van der Waals surface area contributed by atoms with Crippen molar-refractivity contribution in [2.45, 2.75) is 58.3 Å². The second-order valence-corrected chi connectivity index (χ2v) is 10.8. The monoisotopic (exact) mass is 535 g/mol. The Morgan fingerprint density at radius 3 is 2.46 bits per heavy atom. The average molecular weight is 536 g/mol. The lowest BCUT2D eigenvalue weighted by Gasteiger charge is -2.32. The van der Waals surface area contributed by atoms with Crippen molar-refractivity contribution in [3.8, 4) is 5.75 Å². The van der Waals surface area contributed by atoms with Gasteiger partial charge in [-0.05, 0) is 73.3 Å². The molecule has 3 aliphatic rings. The number of anilines is 1. The number of aromatic nitrogens is 2. The van der Waals surface area contributed by atoms with Crippen molar-refractivity contribution < 1.29 is 19.1 Å². The number of halogens is 1. The second kappa shape index (κ2) is 12.6. The smallest absolute Gasteiger partial charge is 0.226 e. The van der Waals surface area contributed by atoms with E-state index in [1.165, 1.54) is 0 Å². The maximum atomic E-state index is 14.9. The summed E-state index contributed by atoms with van der Waals surface area (Å²) in [5, 5.41) is 12.2. The number of amides is 1. The van der Waals surface area contributed by atoms with Crippen molar-refractivity contribution in [2.24, 2.45) is 17.0 Å². The fraction of sp³-hybridized carbons (Fsp3) is 0.533. The number of aryl methyl sites for hydroxylation is 1. The van der Waals surface area contributed by atoms with Crippen LogP contribution in [0.5, 0.6) is 5.75 Å². The number of benzene rings is 1. The van der Waals surface area contributed by atoms with Gasteiger partial charge in [0.2, 0.25) is 11.9 Å². The summed E-state index contributed by atoms with van der Waals surface area (Å²) in [6.45, 7) is 5.54. The molecule has 2 aliphatic heterocycles. The zero-order valence-corrected chi connectivity index (χ0v) is 22.7. The van der Waals surface area contributed by atoms with Gasteiger partial charge >= 0.3 is 0 Å². The van der Waals surface area contributed by atoms with E-state index in [9.17, 15) is 9.18 Å². The molecule has 1 unspecified atom stereocenters. The van der Waals surface area contributed by atoms with Gasteiger partial charge in [0.1, 0.15) is 0 Å². The van der Waals surface area contributed by atoms with E-state index in [1.807, 2.05) is 23.4 Å². The van der Waals surface area contributed by atoms with E-state index < -0.39 is 0 Å². The first-order valence-electron chi connectivity index (χ1n) is 14.2. The number of allylic oxidation sites excluding steroid dienone is 2. The Bertz CT molecular complexity index is 1200. The molecule has 3 heterocycles. The molecule has 39 heavy (non-hydrogen) atoms. The van der Waals surface area contributed by atoms with Gasteiger partial charge in [-0.3, -0.25) is 4.79 Å². The molecular formula is C30H38FN5O3. The number of hydrogen-bond donors (Lipinski definition) is 1. The minimum atomic E-state index is -0.344. The fourth-order valence-corrected chi connectivity index (χ4v) is 5.68. The number of hydrogen-bond acceptors (Lipinski definition) is 7. The van der Waals surface area contributed by atoms with Crippen molar-refractivity contribution in [2.75, 3.05) is 37.7 Å². The number of ether oxygens (including phenoxy) is 1. The lowest BCUT2D eigenvalue weighted by Crippen LogP contribution is -2.42. The third-order valence-electron chi connectivity index (χ3n) is 8.33. The van der Waals surface area contributed by atoms with E-state index in [4.69, 9.17) is 9.94 Å². The number of piperidine rings is 2. The summed E-state index contributed by atoms with van der Waals surface area (Å²) in [5.74, 6) is 1.22. The molecule has 0 radical (unpaired) electrons. The van der Waals surface area contributed by atoms with Gasteiger partial charge in [0, 0.05) is 57.3 Å². The standard InChI is InChI=1S/C30H38FN5O3/c1-2-21-18-32-30(33-19-21)36-13-9-22(10-14-36)20-39-28-8-7-25(17-27(28)31)23-3-5-24(6-4-23)29(37)35-15-11-26(34-38)12-16-35/h3,7-8,17-19,22,24,38H,2,4-6,9-16,20H2,1H3. The largest absolute Gasteiger partial charge is 0.490 e. The zero-order chi connectivity index (χ0) is 27.2. The van der Waals surface area contributed by atoms with Crippen LogP contribution in [0.15, 0.2) is 41.8 Å². The Kier molecular flexibility index (Phi) is 8.74. The van der Waals surface area contributed by atoms with Crippen LogP contribution in [0, 0.1) is 17.7 Å². The van der Waals surface area contributed by atoms with Crippen molar-refractivity contribution >= 4 is 23.1 Å². The summed E-state index contributed by atoms with van der Waals surface area (Å²) in [6, 6.07) is 5.21. The summed E-state index contributed by atoms with van der Waals surface area (Å²) in [6.07, 6.45) is 12.1. The third-order valence-corrected chi connectivity index (χ3v) is 8.33. The number of nitrogens with zero attached hydrogens (tertiary/aromatic N) is 5. The molecule has 2 saturated heterocycles. The number of rotatable bonds is 7. The number of carbonyl (C=O) groups excluding carboxylic acids is 1. The number of carbonyl (C=O) groups is 1. The first-order chi connectivity index (χ1) is 19.0. The first kappa shape index (κ1) is 27.1. The topological polar surface area (TPSA) is 91.2 Å². The maximum Gasteiger partial charge on any atom is 0.226 e. The normalized spacial score (nSPS) is 20.5. The van der Waals surface area contributed by atoms with Crippen LogP contribution in [0.4, 0.5) is 10.3 Å². The lowest BCUT2D eigenvalue weighted by molar-refractivity contribution is -0.135. The van der Waals surface area contributed by atoms with E-state index >= 15 is 0 Å². The molecule has 1 atom stereocenters. The van der Waals surface area contributed by atoms with Crippen LogP contribution in [-0.4, -0.2) is 64.5 Å². The van der Waals surface area contributed by atoms with Crippen LogP contribution in [0.1, 0.15) is 63.0 Å². The molecule has 1 amide bonds. The van der Waals surface area contributed by atoms with Crippen molar-refractivity contribution in [1.29, 1.82) is 0 Å². The molecule has 2 aromatic rings. The van der Waals surface area contributed by atoms with Crippen molar-refractivity contribution in [1.82, 2.24) is 14.9 Å². The maximum absolute atomic E-state index is 14.9. The van der Waals surface area contributed by atoms with E-state index in [0.29, 0.717) is 50.6 Å². The van der Waals surface area contributed by atoms with Crippen molar-refractivity contribution in [3.05, 3.63) is 53.6 Å². The van der Waals surface area contributed by atoms with Gasteiger partial charge in [-0.25, -0.2) is 14.4 Å². The van der Waals surface area contributed by atoms with Crippen LogP contribution in [0.2, 0.25) is 0 Å². The molecule has 1 aromatic heterocycles. The van der Waals surface area contributed by atoms with Gasteiger partial charge in [0.05, 0.1) is 12.3 Å². The summed E-state index contributed by atoms with van der Waals surface area (Å²) in [5.41, 5.74) is 3.83. The molecule has 208 valence electrons. The Morgan fingerprint density at radius 2 is 1.85 bits per heavy atom. The number of oxime groups is 1.